The lowest BCUT2D eigenvalue weighted by atomic mass is 10.1. The third kappa shape index (κ3) is 6.99. The minimum absolute atomic E-state index is 0.175. The Morgan fingerprint density at radius 3 is 2.52 bits per heavy atom. The number of hydrogen-bond donors (Lipinski definition) is 2. The van der Waals surface area contributed by atoms with Crippen molar-refractivity contribution in [3.05, 3.63) is 0 Å². The minimum Gasteiger partial charge on any atom is -0.389 e. The van der Waals surface area contributed by atoms with Crippen LogP contribution in [0.15, 0.2) is 0 Å². The Balaban J connectivity index is 2.45. The monoisotopic (exact) mass is 311 g/mol. The van der Waals surface area contributed by atoms with Crippen molar-refractivity contribution >= 4 is 6.03 Å². The smallest absolute Gasteiger partial charge is 0.389 e. The van der Waals surface area contributed by atoms with Crippen LogP contribution < -0.4 is 5.32 Å². The van der Waals surface area contributed by atoms with Gasteiger partial charge in [0.2, 0.25) is 0 Å². The molecule has 0 bridgehead atoms. The number of nitrogens with zero attached hydrogens (tertiary/aromatic N) is 2. The van der Waals surface area contributed by atoms with Crippen LogP contribution in [0.5, 0.6) is 0 Å². The maximum Gasteiger partial charge on any atom is 0.401 e. The SMILES string of the molecule is CCN(CC(C)(C)O)C(=O)NC1CCN(CC(F)(F)F)C1. The summed E-state index contributed by atoms with van der Waals surface area (Å²) in [6.45, 7) is 5.17. The lowest BCUT2D eigenvalue weighted by Gasteiger charge is -2.29. The molecule has 1 aliphatic rings. The number of carbonyl (C=O) groups excluding carboxylic acids is 1. The maximum absolute atomic E-state index is 12.3. The fourth-order valence-electron chi connectivity index (χ4n) is 2.41. The minimum atomic E-state index is -4.21. The zero-order chi connectivity index (χ0) is 16.3. The van der Waals surface area contributed by atoms with Crippen LogP contribution in [0, 0.1) is 0 Å². The number of rotatable bonds is 5. The Labute approximate surface area is 123 Å². The van der Waals surface area contributed by atoms with Gasteiger partial charge >= 0.3 is 12.2 Å². The van der Waals surface area contributed by atoms with Gasteiger partial charge in [-0.15, -0.1) is 0 Å². The summed E-state index contributed by atoms with van der Waals surface area (Å²) in [6.07, 6.45) is -3.71. The Kier molecular flexibility index (Phi) is 5.86. The summed E-state index contributed by atoms with van der Waals surface area (Å²) in [5.41, 5.74) is -1.01. The number of urea groups is 1. The van der Waals surface area contributed by atoms with Crippen molar-refractivity contribution in [1.29, 1.82) is 0 Å². The van der Waals surface area contributed by atoms with Crippen LogP contribution in [0.3, 0.4) is 0 Å². The fourth-order valence-corrected chi connectivity index (χ4v) is 2.41. The second-order valence-electron chi connectivity index (χ2n) is 6.11. The molecule has 1 aliphatic heterocycles. The highest BCUT2D eigenvalue weighted by Gasteiger charge is 2.35. The van der Waals surface area contributed by atoms with Gasteiger partial charge in [-0.3, -0.25) is 4.90 Å². The first kappa shape index (κ1) is 18.0. The maximum atomic E-state index is 12.3. The van der Waals surface area contributed by atoms with Gasteiger partial charge in [0, 0.05) is 25.7 Å². The summed E-state index contributed by atoms with van der Waals surface area (Å²) >= 11 is 0. The van der Waals surface area contributed by atoms with Gasteiger partial charge in [0.25, 0.3) is 0 Å². The topological polar surface area (TPSA) is 55.8 Å². The molecule has 0 aromatic rings. The molecular formula is C13H24F3N3O2. The van der Waals surface area contributed by atoms with Gasteiger partial charge in [-0.1, -0.05) is 0 Å². The van der Waals surface area contributed by atoms with E-state index in [2.05, 4.69) is 5.32 Å². The molecule has 21 heavy (non-hydrogen) atoms. The summed E-state index contributed by atoms with van der Waals surface area (Å²) in [5.74, 6) is 0. The van der Waals surface area contributed by atoms with Gasteiger partial charge in [0.1, 0.15) is 0 Å². The number of alkyl halides is 3. The molecular weight excluding hydrogens is 287 g/mol. The summed E-state index contributed by atoms with van der Waals surface area (Å²) in [5, 5.41) is 12.5. The molecule has 1 saturated heterocycles. The zero-order valence-electron chi connectivity index (χ0n) is 12.7. The second-order valence-corrected chi connectivity index (χ2v) is 6.11. The van der Waals surface area contributed by atoms with E-state index in [1.54, 1.807) is 20.8 Å². The number of hydrogen-bond acceptors (Lipinski definition) is 3. The third-order valence-corrected chi connectivity index (χ3v) is 3.25. The van der Waals surface area contributed by atoms with Gasteiger partial charge in [0.15, 0.2) is 0 Å². The van der Waals surface area contributed by atoms with Crippen molar-refractivity contribution in [3.8, 4) is 0 Å². The fraction of sp³-hybridized carbons (Fsp3) is 0.923. The summed E-state index contributed by atoms with van der Waals surface area (Å²) in [4.78, 5) is 14.8. The van der Waals surface area contributed by atoms with E-state index in [9.17, 15) is 23.1 Å². The first-order valence-electron chi connectivity index (χ1n) is 7.07. The van der Waals surface area contributed by atoms with Gasteiger partial charge in [-0.2, -0.15) is 13.2 Å². The van der Waals surface area contributed by atoms with Gasteiger partial charge < -0.3 is 15.3 Å². The number of likely N-dealkylation sites (N-methyl/N-ethyl adjacent to an activating group) is 1. The predicted molar refractivity (Wildman–Crippen MR) is 73.0 cm³/mol. The molecule has 0 radical (unpaired) electrons. The van der Waals surface area contributed by atoms with Crippen molar-refractivity contribution in [2.75, 3.05) is 32.7 Å². The Hall–Kier alpha value is -1.02. The van der Waals surface area contributed by atoms with Crippen molar-refractivity contribution in [2.24, 2.45) is 0 Å². The molecule has 0 spiro atoms. The van der Waals surface area contributed by atoms with E-state index in [0.717, 1.165) is 0 Å². The number of aliphatic hydroxyl groups is 1. The highest BCUT2D eigenvalue weighted by Crippen LogP contribution is 2.20. The van der Waals surface area contributed by atoms with Crippen LogP contribution in [0.25, 0.3) is 0 Å². The average molecular weight is 311 g/mol. The molecule has 2 amide bonds. The van der Waals surface area contributed by atoms with E-state index >= 15 is 0 Å². The molecule has 1 heterocycles. The number of likely N-dealkylation sites (tertiary alicyclic amines) is 1. The van der Waals surface area contributed by atoms with E-state index in [1.807, 2.05) is 0 Å². The van der Waals surface area contributed by atoms with Gasteiger partial charge in [-0.25, -0.2) is 4.79 Å². The van der Waals surface area contributed by atoms with E-state index in [-0.39, 0.29) is 25.2 Å². The van der Waals surface area contributed by atoms with Crippen LogP contribution in [-0.4, -0.2) is 71.5 Å². The average Bonchev–Trinajstić information content (AvgIpc) is 2.69. The van der Waals surface area contributed by atoms with E-state index in [1.165, 1.54) is 9.80 Å². The van der Waals surface area contributed by atoms with Crippen LogP contribution in [0.1, 0.15) is 27.2 Å². The summed E-state index contributed by atoms with van der Waals surface area (Å²) < 4.78 is 36.9. The molecule has 1 rings (SSSR count). The van der Waals surface area contributed by atoms with Crippen molar-refractivity contribution in [2.45, 2.75) is 45.0 Å². The number of carbonyl (C=O) groups is 1. The number of amides is 2. The lowest BCUT2D eigenvalue weighted by Crippen LogP contribution is -2.50. The number of nitrogens with one attached hydrogen (secondary N) is 1. The lowest BCUT2D eigenvalue weighted by molar-refractivity contribution is -0.143. The van der Waals surface area contributed by atoms with E-state index in [4.69, 9.17) is 0 Å². The largest absolute Gasteiger partial charge is 0.401 e. The van der Waals surface area contributed by atoms with E-state index < -0.39 is 18.3 Å². The summed E-state index contributed by atoms with van der Waals surface area (Å²) in [7, 11) is 0. The Bertz CT molecular complexity index is 356. The van der Waals surface area contributed by atoms with Crippen LogP contribution in [-0.2, 0) is 0 Å². The first-order valence-corrected chi connectivity index (χ1v) is 7.07. The molecule has 0 aromatic carbocycles. The van der Waals surface area contributed by atoms with Crippen molar-refractivity contribution < 1.29 is 23.1 Å². The highest BCUT2D eigenvalue weighted by atomic mass is 19.4. The molecule has 5 nitrogen and oxygen atoms in total. The van der Waals surface area contributed by atoms with Crippen molar-refractivity contribution in [3.63, 3.8) is 0 Å². The normalized spacial score (nSPS) is 20.6. The molecule has 0 saturated carbocycles. The molecule has 0 aromatic heterocycles. The van der Waals surface area contributed by atoms with E-state index in [0.29, 0.717) is 19.5 Å². The quantitative estimate of drug-likeness (QED) is 0.807. The molecule has 0 aliphatic carbocycles. The van der Waals surface area contributed by atoms with Crippen LogP contribution in [0.2, 0.25) is 0 Å². The summed E-state index contributed by atoms with van der Waals surface area (Å²) in [6, 6.07) is -0.630. The molecule has 2 N–H and O–H groups in total. The van der Waals surface area contributed by atoms with Crippen molar-refractivity contribution in [1.82, 2.24) is 15.1 Å². The standard InChI is InChI=1S/C13H24F3N3O2/c1-4-19(8-12(2,3)21)11(20)17-10-5-6-18(7-10)9-13(14,15)16/h10,21H,4-9H2,1-3H3,(H,17,20). The predicted octanol–water partition coefficient (Wildman–Crippen LogP) is 1.43. The van der Waals surface area contributed by atoms with Gasteiger partial charge in [0.05, 0.1) is 18.7 Å². The first-order chi connectivity index (χ1) is 9.50. The van der Waals surface area contributed by atoms with Crippen LogP contribution >= 0.6 is 0 Å². The Morgan fingerprint density at radius 1 is 1.43 bits per heavy atom. The van der Waals surface area contributed by atoms with Crippen LogP contribution in [0.4, 0.5) is 18.0 Å². The molecule has 124 valence electrons. The number of halogens is 3. The molecule has 1 unspecified atom stereocenters. The highest BCUT2D eigenvalue weighted by molar-refractivity contribution is 5.74. The molecule has 8 heteroatoms. The Morgan fingerprint density at radius 2 is 2.05 bits per heavy atom. The zero-order valence-corrected chi connectivity index (χ0v) is 12.7. The second kappa shape index (κ2) is 6.83. The van der Waals surface area contributed by atoms with Gasteiger partial charge in [-0.05, 0) is 27.2 Å². The molecule has 1 atom stereocenters. The third-order valence-electron chi connectivity index (χ3n) is 3.25. The molecule has 1 fully saturated rings.